The first-order chi connectivity index (χ1) is 8.32. The van der Waals surface area contributed by atoms with Crippen LogP contribution in [0.4, 0.5) is 13.2 Å². The molecule has 0 heterocycles. The van der Waals surface area contributed by atoms with Gasteiger partial charge in [0.25, 0.3) is 0 Å². The third-order valence-corrected chi connectivity index (χ3v) is 3.60. The second-order valence-electron chi connectivity index (χ2n) is 4.54. The smallest absolute Gasteiger partial charge is 0.378 e. The predicted molar refractivity (Wildman–Crippen MR) is 64.6 cm³/mol. The standard InChI is InChI=1S/C11H17BrF3NO2/c1-18-10(3-2-4-10)7-9(17)16(6-5-12)8-11(13,14)15/h2-8H2,1H3. The van der Waals surface area contributed by atoms with Gasteiger partial charge in [-0.25, -0.2) is 0 Å². The zero-order valence-electron chi connectivity index (χ0n) is 10.2. The molecule has 0 spiro atoms. The molecule has 18 heavy (non-hydrogen) atoms. The van der Waals surface area contributed by atoms with Crippen LogP contribution in [0.3, 0.4) is 0 Å². The molecule has 0 radical (unpaired) electrons. The molecular weight excluding hydrogens is 315 g/mol. The number of rotatable bonds is 6. The van der Waals surface area contributed by atoms with Crippen molar-refractivity contribution in [1.82, 2.24) is 4.90 Å². The van der Waals surface area contributed by atoms with E-state index in [-0.39, 0.29) is 13.0 Å². The monoisotopic (exact) mass is 331 g/mol. The van der Waals surface area contributed by atoms with Crippen LogP contribution >= 0.6 is 15.9 Å². The topological polar surface area (TPSA) is 29.5 Å². The third-order valence-electron chi connectivity index (χ3n) is 3.25. The minimum atomic E-state index is -4.36. The maximum atomic E-state index is 12.4. The largest absolute Gasteiger partial charge is 0.406 e. The van der Waals surface area contributed by atoms with E-state index in [4.69, 9.17) is 4.74 Å². The second kappa shape index (κ2) is 6.23. The van der Waals surface area contributed by atoms with Crippen LogP contribution < -0.4 is 0 Å². The van der Waals surface area contributed by atoms with Crippen LogP contribution in [-0.4, -0.2) is 48.1 Å². The van der Waals surface area contributed by atoms with Crippen LogP contribution in [0, 0.1) is 0 Å². The number of alkyl halides is 4. The van der Waals surface area contributed by atoms with E-state index in [9.17, 15) is 18.0 Å². The van der Waals surface area contributed by atoms with Crippen molar-refractivity contribution in [1.29, 1.82) is 0 Å². The molecular formula is C11H17BrF3NO2. The van der Waals surface area contributed by atoms with Gasteiger partial charge in [0.1, 0.15) is 6.54 Å². The first kappa shape index (κ1) is 15.8. The lowest BCUT2D eigenvalue weighted by Gasteiger charge is -2.41. The molecule has 0 aromatic rings. The Hall–Kier alpha value is -0.300. The first-order valence-corrected chi connectivity index (χ1v) is 6.90. The maximum absolute atomic E-state index is 12.4. The van der Waals surface area contributed by atoms with Crippen LogP contribution in [0.5, 0.6) is 0 Å². The van der Waals surface area contributed by atoms with Crippen LogP contribution in [-0.2, 0) is 9.53 Å². The molecule has 0 N–H and O–H groups in total. The average Bonchev–Trinajstić information content (AvgIpc) is 2.20. The number of carbonyl (C=O) groups is 1. The maximum Gasteiger partial charge on any atom is 0.406 e. The molecule has 0 saturated heterocycles. The highest BCUT2D eigenvalue weighted by Crippen LogP contribution is 2.38. The van der Waals surface area contributed by atoms with E-state index in [0.29, 0.717) is 5.33 Å². The summed E-state index contributed by atoms with van der Waals surface area (Å²) in [6.45, 7) is -1.14. The summed E-state index contributed by atoms with van der Waals surface area (Å²) >= 11 is 3.06. The molecule has 1 rings (SSSR count). The van der Waals surface area contributed by atoms with Crippen LogP contribution in [0.25, 0.3) is 0 Å². The van der Waals surface area contributed by atoms with E-state index in [0.717, 1.165) is 24.2 Å². The molecule has 0 unspecified atom stereocenters. The van der Waals surface area contributed by atoms with Crippen LogP contribution in [0.1, 0.15) is 25.7 Å². The molecule has 1 aliphatic carbocycles. The van der Waals surface area contributed by atoms with Gasteiger partial charge >= 0.3 is 6.18 Å². The Morgan fingerprint density at radius 3 is 2.39 bits per heavy atom. The summed E-state index contributed by atoms with van der Waals surface area (Å²) in [5.41, 5.74) is -0.534. The minimum Gasteiger partial charge on any atom is -0.378 e. The van der Waals surface area contributed by atoms with E-state index in [1.165, 1.54) is 7.11 Å². The Morgan fingerprint density at radius 2 is 2.06 bits per heavy atom. The quantitative estimate of drug-likeness (QED) is 0.700. The Labute approximate surface area is 113 Å². The van der Waals surface area contributed by atoms with Crippen molar-refractivity contribution in [3.8, 4) is 0 Å². The predicted octanol–water partition coefficient (Wildman–Crippen LogP) is 2.73. The highest BCUT2D eigenvalue weighted by Gasteiger charge is 2.41. The Bertz CT molecular complexity index is 287. The first-order valence-electron chi connectivity index (χ1n) is 5.77. The summed E-state index contributed by atoms with van der Waals surface area (Å²) < 4.78 is 42.3. The number of ether oxygens (including phenoxy) is 1. The number of carbonyl (C=O) groups excluding carboxylic acids is 1. The number of nitrogens with zero attached hydrogens (tertiary/aromatic N) is 1. The van der Waals surface area contributed by atoms with Crippen molar-refractivity contribution < 1.29 is 22.7 Å². The van der Waals surface area contributed by atoms with Crippen molar-refractivity contribution in [2.45, 2.75) is 37.5 Å². The SMILES string of the molecule is COC1(CC(=O)N(CCBr)CC(F)(F)F)CCC1. The average molecular weight is 332 g/mol. The lowest BCUT2D eigenvalue weighted by atomic mass is 9.77. The molecule has 1 amide bonds. The van der Waals surface area contributed by atoms with Gasteiger partial charge in [0.15, 0.2) is 0 Å². The number of halogens is 4. The van der Waals surface area contributed by atoms with E-state index >= 15 is 0 Å². The van der Waals surface area contributed by atoms with Gasteiger partial charge in [-0.15, -0.1) is 0 Å². The fourth-order valence-electron chi connectivity index (χ4n) is 2.02. The molecule has 106 valence electrons. The van der Waals surface area contributed by atoms with Crippen molar-refractivity contribution in [2.75, 3.05) is 25.5 Å². The molecule has 1 fully saturated rings. The molecule has 1 aliphatic rings. The zero-order valence-corrected chi connectivity index (χ0v) is 11.8. The van der Waals surface area contributed by atoms with Gasteiger partial charge in [-0.05, 0) is 19.3 Å². The summed E-state index contributed by atoms with van der Waals surface area (Å²) in [6.07, 6.45) is -1.89. The van der Waals surface area contributed by atoms with E-state index < -0.39 is 24.2 Å². The minimum absolute atomic E-state index is 0.0343. The highest BCUT2D eigenvalue weighted by molar-refractivity contribution is 9.09. The fourth-order valence-corrected chi connectivity index (χ4v) is 2.45. The van der Waals surface area contributed by atoms with E-state index in [2.05, 4.69) is 15.9 Å². The van der Waals surface area contributed by atoms with Crippen molar-refractivity contribution in [3.63, 3.8) is 0 Å². The third kappa shape index (κ3) is 4.42. The summed E-state index contributed by atoms with van der Waals surface area (Å²) in [5.74, 6) is -0.492. The molecule has 0 aromatic carbocycles. The van der Waals surface area contributed by atoms with Crippen molar-refractivity contribution >= 4 is 21.8 Å². The summed E-state index contributed by atoms with van der Waals surface area (Å²) in [7, 11) is 1.50. The highest BCUT2D eigenvalue weighted by atomic mass is 79.9. The summed E-state index contributed by atoms with van der Waals surface area (Å²) in [4.78, 5) is 12.7. The van der Waals surface area contributed by atoms with Crippen molar-refractivity contribution in [2.24, 2.45) is 0 Å². The van der Waals surface area contributed by atoms with Crippen LogP contribution in [0.2, 0.25) is 0 Å². The molecule has 0 bridgehead atoms. The summed E-state index contributed by atoms with van der Waals surface area (Å²) in [6, 6.07) is 0. The lowest BCUT2D eigenvalue weighted by Crippen LogP contribution is -2.47. The summed E-state index contributed by atoms with van der Waals surface area (Å²) in [5, 5.41) is 0.328. The van der Waals surface area contributed by atoms with Gasteiger partial charge in [0.05, 0.1) is 12.0 Å². The van der Waals surface area contributed by atoms with Gasteiger partial charge < -0.3 is 9.64 Å². The normalized spacial score (nSPS) is 18.3. The molecule has 0 aliphatic heterocycles. The molecule has 1 saturated carbocycles. The van der Waals surface area contributed by atoms with Gasteiger partial charge in [-0.3, -0.25) is 4.79 Å². The van der Waals surface area contributed by atoms with E-state index in [1.54, 1.807) is 0 Å². The van der Waals surface area contributed by atoms with E-state index in [1.807, 2.05) is 0 Å². The molecule has 3 nitrogen and oxygen atoms in total. The second-order valence-corrected chi connectivity index (χ2v) is 5.33. The van der Waals surface area contributed by atoms with Crippen molar-refractivity contribution in [3.05, 3.63) is 0 Å². The number of hydrogen-bond acceptors (Lipinski definition) is 2. The Kier molecular flexibility index (Phi) is 5.46. The van der Waals surface area contributed by atoms with Crippen LogP contribution in [0.15, 0.2) is 0 Å². The molecule has 7 heteroatoms. The number of methoxy groups -OCH3 is 1. The van der Waals surface area contributed by atoms with Gasteiger partial charge in [0.2, 0.25) is 5.91 Å². The van der Waals surface area contributed by atoms with Gasteiger partial charge in [-0.2, -0.15) is 13.2 Å². The Morgan fingerprint density at radius 1 is 1.44 bits per heavy atom. The Balaban J connectivity index is 2.59. The van der Waals surface area contributed by atoms with Gasteiger partial charge in [-0.1, -0.05) is 15.9 Å². The zero-order chi connectivity index (χ0) is 13.8. The fraction of sp³-hybridized carbons (Fsp3) is 0.909. The van der Waals surface area contributed by atoms with Gasteiger partial charge in [0, 0.05) is 19.0 Å². The molecule has 0 aromatic heterocycles. The lowest BCUT2D eigenvalue weighted by molar-refractivity contribution is -0.167. The number of hydrogen-bond donors (Lipinski definition) is 0. The number of amides is 1. The molecule has 0 atom stereocenters.